The minimum Gasteiger partial charge on any atom is -0.312 e. The van der Waals surface area contributed by atoms with E-state index in [-0.39, 0.29) is 11.9 Å². The molecule has 1 fully saturated rings. The van der Waals surface area contributed by atoms with Gasteiger partial charge in [-0.2, -0.15) is 0 Å². The van der Waals surface area contributed by atoms with Crippen molar-refractivity contribution >= 4 is 61.6 Å². The Kier molecular flexibility index (Phi) is 6.54. The zero-order valence-electron chi connectivity index (χ0n) is 16.6. The van der Waals surface area contributed by atoms with Gasteiger partial charge in [0, 0.05) is 27.3 Å². The molecule has 1 unspecified atom stereocenters. The summed E-state index contributed by atoms with van der Waals surface area (Å²) >= 11 is 10.9. The molecule has 2 heterocycles. The van der Waals surface area contributed by atoms with Crippen LogP contribution in [0, 0.1) is 6.92 Å². The number of benzene rings is 2. The van der Waals surface area contributed by atoms with E-state index in [0.29, 0.717) is 33.8 Å². The Bertz CT molecular complexity index is 1140. The maximum absolute atomic E-state index is 12.9. The van der Waals surface area contributed by atoms with Crippen LogP contribution >= 0.6 is 38.9 Å². The van der Waals surface area contributed by atoms with E-state index in [9.17, 15) is 9.59 Å². The van der Waals surface area contributed by atoms with Gasteiger partial charge in [-0.3, -0.25) is 10.1 Å². The van der Waals surface area contributed by atoms with Crippen LogP contribution < -0.4 is 10.6 Å². The average molecular weight is 521 g/mol. The third kappa shape index (κ3) is 5.06. The summed E-state index contributed by atoms with van der Waals surface area (Å²) in [7, 11) is 0. The standard InChI is InChI=1S/C21H19BrClN5O2S/c1-12-7-8-15(11-16(12)23)24-21(30)28-9-3-6-17(28)18(29)25-20-27-26-19(31-20)13-4-2-5-14(22)10-13/h2,4-5,7-8,10-11,17H,3,6,9H2,1H3,(H,24,30)(H,25,27,29). The van der Waals surface area contributed by atoms with E-state index < -0.39 is 6.04 Å². The molecular formula is C21H19BrClN5O2S. The van der Waals surface area contributed by atoms with E-state index in [1.807, 2.05) is 37.3 Å². The van der Waals surface area contributed by atoms with Crippen molar-refractivity contribution in [2.45, 2.75) is 25.8 Å². The van der Waals surface area contributed by atoms with Crippen LogP contribution in [0.4, 0.5) is 15.6 Å². The minimum absolute atomic E-state index is 0.272. The molecule has 1 saturated heterocycles. The van der Waals surface area contributed by atoms with Crippen LogP contribution in [0.3, 0.4) is 0 Å². The lowest BCUT2D eigenvalue weighted by atomic mass is 10.2. The third-order valence-corrected chi connectivity index (χ3v) is 6.75. The lowest BCUT2D eigenvalue weighted by Gasteiger charge is -2.24. The fraction of sp³-hybridized carbons (Fsp3) is 0.238. The normalized spacial score (nSPS) is 15.7. The van der Waals surface area contributed by atoms with Crippen molar-refractivity contribution in [3.05, 3.63) is 57.5 Å². The number of aromatic nitrogens is 2. The third-order valence-electron chi connectivity index (χ3n) is 4.97. The molecule has 2 aromatic carbocycles. The van der Waals surface area contributed by atoms with Crippen molar-refractivity contribution in [3.63, 3.8) is 0 Å². The highest BCUT2D eigenvalue weighted by molar-refractivity contribution is 9.10. The fourth-order valence-electron chi connectivity index (χ4n) is 3.35. The van der Waals surface area contributed by atoms with Gasteiger partial charge < -0.3 is 10.2 Å². The van der Waals surface area contributed by atoms with Gasteiger partial charge in [0.15, 0.2) is 0 Å². The van der Waals surface area contributed by atoms with Crippen LogP contribution in [0.5, 0.6) is 0 Å². The first kappa shape index (κ1) is 21.7. The van der Waals surface area contributed by atoms with Crippen molar-refractivity contribution < 1.29 is 9.59 Å². The molecule has 2 N–H and O–H groups in total. The molecule has 0 saturated carbocycles. The number of anilines is 2. The number of amides is 3. The number of rotatable bonds is 4. The molecule has 0 spiro atoms. The highest BCUT2D eigenvalue weighted by Crippen LogP contribution is 2.29. The highest BCUT2D eigenvalue weighted by Gasteiger charge is 2.34. The lowest BCUT2D eigenvalue weighted by Crippen LogP contribution is -2.45. The van der Waals surface area contributed by atoms with E-state index in [4.69, 9.17) is 11.6 Å². The molecule has 0 bridgehead atoms. The van der Waals surface area contributed by atoms with Crippen molar-refractivity contribution in [3.8, 4) is 10.6 Å². The van der Waals surface area contributed by atoms with Crippen LogP contribution in [0.25, 0.3) is 10.6 Å². The summed E-state index contributed by atoms with van der Waals surface area (Å²) in [5.74, 6) is -0.272. The minimum atomic E-state index is -0.570. The quantitative estimate of drug-likeness (QED) is 0.471. The first-order chi connectivity index (χ1) is 14.9. The molecule has 1 aliphatic rings. The van der Waals surface area contributed by atoms with Gasteiger partial charge in [-0.25, -0.2) is 4.79 Å². The van der Waals surface area contributed by atoms with E-state index in [1.165, 1.54) is 11.3 Å². The van der Waals surface area contributed by atoms with Gasteiger partial charge in [-0.1, -0.05) is 57.1 Å². The van der Waals surface area contributed by atoms with Crippen molar-refractivity contribution in [2.75, 3.05) is 17.2 Å². The monoisotopic (exact) mass is 519 g/mol. The molecule has 1 aromatic heterocycles. The second kappa shape index (κ2) is 9.33. The summed E-state index contributed by atoms with van der Waals surface area (Å²) in [6.45, 7) is 2.40. The molecule has 3 aromatic rings. The Balaban J connectivity index is 1.42. The van der Waals surface area contributed by atoms with Crippen LogP contribution in [-0.2, 0) is 4.79 Å². The van der Waals surface area contributed by atoms with Gasteiger partial charge >= 0.3 is 6.03 Å². The zero-order valence-corrected chi connectivity index (χ0v) is 19.7. The first-order valence-corrected chi connectivity index (χ1v) is 11.6. The molecule has 0 aliphatic carbocycles. The summed E-state index contributed by atoms with van der Waals surface area (Å²) < 4.78 is 0.938. The molecule has 0 radical (unpaired) electrons. The molecule has 31 heavy (non-hydrogen) atoms. The molecule has 3 amide bonds. The number of halogens is 2. The van der Waals surface area contributed by atoms with Gasteiger partial charge in [0.25, 0.3) is 0 Å². The predicted octanol–water partition coefficient (Wildman–Crippen LogP) is 5.56. The molecule has 1 aliphatic heterocycles. The maximum Gasteiger partial charge on any atom is 0.322 e. The number of urea groups is 1. The topological polar surface area (TPSA) is 87.2 Å². The maximum atomic E-state index is 12.9. The van der Waals surface area contributed by atoms with Gasteiger partial charge in [-0.05, 0) is 49.6 Å². The van der Waals surface area contributed by atoms with Gasteiger partial charge in [0.2, 0.25) is 11.0 Å². The summed E-state index contributed by atoms with van der Waals surface area (Å²) in [5.41, 5.74) is 2.43. The summed E-state index contributed by atoms with van der Waals surface area (Å²) in [5, 5.41) is 15.5. The van der Waals surface area contributed by atoms with E-state index in [2.05, 4.69) is 36.8 Å². The molecule has 10 heteroatoms. The second-order valence-corrected chi connectivity index (χ2v) is 9.46. The number of nitrogens with one attached hydrogen (secondary N) is 2. The Morgan fingerprint density at radius 2 is 2.03 bits per heavy atom. The van der Waals surface area contributed by atoms with Gasteiger partial charge in [0.05, 0.1) is 0 Å². The summed E-state index contributed by atoms with van der Waals surface area (Å²) in [6.07, 6.45) is 1.34. The molecule has 7 nitrogen and oxygen atoms in total. The molecule has 1 atom stereocenters. The van der Waals surface area contributed by atoms with Crippen LogP contribution in [0.2, 0.25) is 5.02 Å². The number of nitrogens with zero attached hydrogens (tertiary/aromatic N) is 3. The second-order valence-electron chi connectivity index (χ2n) is 7.16. The SMILES string of the molecule is Cc1ccc(NC(=O)N2CCCC2C(=O)Nc2nnc(-c3cccc(Br)c3)s2)cc1Cl. The molecular weight excluding hydrogens is 502 g/mol. The highest BCUT2D eigenvalue weighted by atomic mass is 79.9. The number of carbonyl (C=O) groups is 2. The molecule has 4 rings (SSSR count). The summed E-state index contributed by atoms with van der Waals surface area (Å²) in [6, 6.07) is 12.1. The van der Waals surface area contributed by atoms with Crippen LogP contribution in [0.1, 0.15) is 18.4 Å². The predicted molar refractivity (Wildman–Crippen MR) is 127 cm³/mol. The van der Waals surface area contributed by atoms with Crippen molar-refractivity contribution in [1.29, 1.82) is 0 Å². The van der Waals surface area contributed by atoms with Gasteiger partial charge in [-0.15, -0.1) is 10.2 Å². The van der Waals surface area contributed by atoms with E-state index in [1.54, 1.807) is 17.0 Å². The zero-order chi connectivity index (χ0) is 22.0. The van der Waals surface area contributed by atoms with E-state index >= 15 is 0 Å². The van der Waals surface area contributed by atoms with Gasteiger partial charge in [0.1, 0.15) is 11.0 Å². The number of carbonyl (C=O) groups excluding carboxylic acids is 2. The van der Waals surface area contributed by atoms with Crippen LogP contribution in [-0.4, -0.2) is 39.6 Å². The number of hydrogen-bond donors (Lipinski definition) is 2. The Labute approximate surface area is 196 Å². The Hall–Kier alpha value is -2.49. The summed E-state index contributed by atoms with van der Waals surface area (Å²) in [4.78, 5) is 27.2. The average Bonchev–Trinajstić information content (AvgIpc) is 3.40. The largest absolute Gasteiger partial charge is 0.322 e. The van der Waals surface area contributed by atoms with Crippen molar-refractivity contribution in [2.24, 2.45) is 0 Å². The Morgan fingerprint density at radius 1 is 1.19 bits per heavy atom. The molecule has 160 valence electrons. The van der Waals surface area contributed by atoms with Crippen molar-refractivity contribution in [1.82, 2.24) is 15.1 Å². The number of aryl methyl sites for hydroxylation is 1. The van der Waals surface area contributed by atoms with Crippen LogP contribution in [0.15, 0.2) is 46.9 Å². The number of hydrogen-bond acceptors (Lipinski definition) is 5. The Morgan fingerprint density at radius 3 is 2.81 bits per heavy atom. The lowest BCUT2D eigenvalue weighted by molar-refractivity contribution is -0.119. The first-order valence-electron chi connectivity index (χ1n) is 9.65. The fourth-order valence-corrected chi connectivity index (χ4v) is 4.67. The van der Waals surface area contributed by atoms with E-state index in [0.717, 1.165) is 22.0 Å². The number of likely N-dealkylation sites (tertiary alicyclic amines) is 1. The smallest absolute Gasteiger partial charge is 0.312 e.